The van der Waals surface area contributed by atoms with Gasteiger partial charge in [0.15, 0.2) is 0 Å². The average molecular weight is 273 g/mol. The lowest BCUT2D eigenvalue weighted by Gasteiger charge is -2.06. The molecule has 7 heteroatoms. The number of ketones is 1. The molecule has 0 saturated carbocycles. The summed E-state index contributed by atoms with van der Waals surface area (Å²) in [5, 5.41) is 8.56. The minimum Gasteiger partial charge on any atom is -0.299 e. The highest BCUT2D eigenvalue weighted by Crippen LogP contribution is 2.22. The normalized spacial score (nSPS) is 10.9. The summed E-state index contributed by atoms with van der Waals surface area (Å²) in [5.74, 6) is -0.307. The zero-order valence-corrected chi connectivity index (χ0v) is 10.5. The van der Waals surface area contributed by atoms with E-state index < -0.39 is 10.0 Å². The van der Waals surface area contributed by atoms with E-state index in [9.17, 15) is 13.2 Å². The van der Waals surface area contributed by atoms with Crippen LogP contribution in [0.3, 0.4) is 0 Å². The summed E-state index contributed by atoms with van der Waals surface area (Å²) in [7, 11) is -3.82. The second-order valence-electron chi connectivity index (χ2n) is 3.28. The molecule has 0 aliphatic rings. The van der Waals surface area contributed by atoms with Gasteiger partial charge in [-0.2, -0.15) is 5.26 Å². The van der Waals surface area contributed by atoms with Gasteiger partial charge >= 0.3 is 0 Å². The number of carbonyl (C=O) groups is 1. The van der Waals surface area contributed by atoms with Gasteiger partial charge in [-0.1, -0.05) is 11.6 Å². The number of nitrogens with zero attached hydrogens (tertiary/aromatic N) is 1. The monoisotopic (exact) mass is 272 g/mol. The maximum Gasteiger partial charge on any atom is 0.242 e. The molecule has 0 amide bonds. The van der Waals surface area contributed by atoms with Gasteiger partial charge in [0.05, 0.1) is 23.2 Å². The number of nitriles is 1. The molecule has 1 N–H and O–H groups in total. The number of rotatable bonds is 4. The molecule has 5 nitrogen and oxygen atoms in total. The van der Waals surface area contributed by atoms with Crippen LogP contribution in [0.2, 0.25) is 5.02 Å². The van der Waals surface area contributed by atoms with Crippen molar-refractivity contribution in [2.45, 2.75) is 11.8 Å². The molecule has 0 spiro atoms. The third kappa shape index (κ3) is 3.53. The van der Waals surface area contributed by atoms with Crippen molar-refractivity contribution in [3.05, 3.63) is 28.8 Å². The molecule has 90 valence electrons. The fourth-order valence-corrected chi connectivity index (χ4v) is 2.66. The number of halogens is 1. The first kappa shape index (κ1) is 13.6. The van der Waals surface area contributed by atoms with Crippen molar-refractivity contribution in [3.8, 4) is 6.07 Å². The topological polar surface area (TPSA) is 87.0 Å². The van der Waals surface area contributed by atoms with Gasteiger partial charge in [-0.15, -0.1) is 0 Å². The average Bonchev–Trinajstić information content (AvgIpc) is 2.26. The summed E-state index contributed by atoms with van der Waals surface area (Å²) in [6.07, 6.45) is 0. The predicted molar refractivity (Wildman–Crippen MR) is 62.0 cm³/mol. The lowest BCUT2D eigenvalue weighted by Crippen LogP contribution is -2.28. The summed E-state index contributed by atoms with van der Waals surface area (Å²) in [6, 6.07) is 5.66. The van der Waals surface area contributed by atoms with Gasteiger partial charge in [0.2, 0.25) is 10.0 Å². The van der Waals surface area contributed by atoms with E-state index in [1.165, 1.54) is 25.1 Å². The van der Waals surface area contributed by atoms with Crippen molar-refractivity contribution in [1.29, 1.82) is 5.26 Å². The van der Waals surface area contributed by atoms with Crippen molar-refractivity contribution >= 4 is 27.4 Å². The quantitative estimate of drug-likeness (QED) is 0.888. The van der Waals surface area contributed by atoms with Crippen LogP contribution in [0.4, 0.5) is 0 Å². The van der Waals surface area contributed by atoms with Crippen LogP contribution in [0.15, 0.2) is 23.1 Å². The van der Waals surface area contributed by atoms with E-state index in [1.54, 1.807) is 0 Å². The van der Waals surface area contributed by atoms with E-state index in [4.69, 9.17) is 16.9 Å². The first-order chi connectivity index (χ1) is 7.86. The van der Waals surface area contributed by atoms with Gasteiger partial charge < -0.3 is 0 Å². The molecule has 0 aliphatic heterocycles. The van der Waals surface area contributed by atoms with Crippen LogP contribution in [0.25, 0.3) is 0 Å². The van der Waals surface area contributed by atoms with Crippen LogP contribution in [0, 0.1) is 11.3 Å². The van der Waals surface area contributed by atoms with Gasteiger partial charge in [0.25, 0.3) is 0 Å². The molecule has 0 fully saturated rings. The maximum absolute atomic E-state index is 11.7. The molecule has 1 aromatic rings. The molecule has 0 bridgehead atoms. The van der Waals surface area contributed by atoms with Crippen LogP contribution in [0.1, 0.15) is 12.5 Å². The molecule has 17 heavy (non-hydrogen) atoms. The van der Waals surface area contributed by atoms with E-state index in [0.717, 1.165) is 0 Å². The molecular formula is C10H9ClN2O3S. The van der Waals surface area contributed by atoms with Crippen molar-refractivity contribution in [2.24, 2.45) is 0 Å². The molecule has 0 heterocycles. The smallest absolute Gasteiger partial charge is 0.242 e. The number of nitrogens with one attached hydrogen (secondary N) is 1. The molecule has 0 saturated heterocycles. The van der Waals surface area contributed by atoms with Gasteiger partial charge in [-0.05, 0) is 25.1 Å². The Balaban J connectivity index is 3.08. The fraction of sp³-hybridized carbons (Fsp3) is 0.200. The number of benzene rings is 1. The molecule has 1 rings (SSSR count). The van der Waals surface area contributed by atoms with Crippen molar-refractivity contribution in [1.82, 2.24) is 4.72 Å². The van der Waals surface area contributed by atoms with Gasteiger partial charge in [0.1, 0.15) is 10.7 Å². The Morgan fingerprint density at radius 2 is 2.18 bits per heavy atom. The summed E-state index contributed by atoms with van der Waals surface area (Å²) < 4.78 is 25.6. The summed E-state index contributed by atoms with van der Waals surface area (Å²) in [5.41, 5.74) is 0.264. The Morgan fingerprint density at radius 1 is 1.53 bits per heavy atom. The van der Waals surface area contributed by atoms with Crippen molar-refractivity contribution in [2.75, 3.05) is 6.54 Å². The Bertz CT molecular complexity index is 590. The number of hydrogen-bond donors (Lipinski definition) is 1. The van der Waals surface area contributed by atoms with Crippen molar-refractivity contribution in [3.63, 3.8) is 0 Å². The Labute approximate surface area is 104 Å². The standard InChI is InChI=1S/C10H9ClN2O3S/c1-7(14)6-13-17(15,16)10-3-2-8(5-12)4-9(10)11/h2-4,13H,6H2,1H3. The Morgan fingerprint density at radius 3 is 2.65 bits per heavy atom. The van der Waals surface area contributed by atoms with Crippen LogP contribution in [-0.4, -0.2) is 20.7 Å². The first-order valence-corrected chi connectivity index (χ1v) is 6.41. The Hall–Kier alpha value is -1.42. The zero-order chi connectivity index (χ0) is 13.1. The molecular weight excluding hydrogens is 264 g/mol. The molecule has 0 unspecified atom stereocenters. The number of carbonyl (C=O) groups excluding carboxylic acids is 1. The van der Waals surface area contributed by atoms with E-state index in [-0.39, 0.29) is 27.8 Å². The van der Waals surface area contributed by atoms with Crippen LogP contribution >= 0.6 is 11.6 Å². The maximum atomic E-state index is 11.7. The summed E-state index contributed by atoms with van der Waals surface area (Å²) >= 11 is 5.75. The SMILES string of the molecule is CC(=O)CNS(=O)(=O)c1ccc(C#N)cc1Cl. The third-order valence-electron chi connectivity index (χ3n) is 1.86. The van der Waals surface area contributed by atoms with Crippen LogP contribution in [-0.2, 0) is 14.8 Å². The number of hydrogen-bond acceptors (Lipinski definition) is 4. The lowest BCUT2D eigenvalue weighted by atomic mass is 10.2. The first-order valence-electron chi connectivity index (χ1n) is 4.55. The van der Waals surface area contributed by atoms with E-state index in [2.05, 4.69) is 4.72 Å². The minimum atomic E-state index is -3.82. The lowest BCUT2D eigenvalue weighted by molar-refractivity contribution is -0.115. The highest BCUT2D eigenvalue weighted by Gasteiger charge is 2.18. The van der Waals surface area contributed by atoms with Gasteiger partial charge in [0, 0.05) is 0 Å². The highest BCUT2D eigenvalue weighted by atomic mass is 35.5. The second kappa shape index (κ2) is 5.27. The second-order valence-corrected chi connectivity index (χ2v) is 5.43. The van der Waals surface area contributed by atoms with Gasteiger partial charge in [-0.25, -0.2) is 13.1 Å². The molecule has 0 aliphatic carbocycles. The van der Waals surface area contributed by atoms with Gasteiger partial charge in [-0.3, -0.25) is 4.79 Å². The summed E-state index contributed by atoms with van der Waals surface area (Å²) in [4.78, 5) is 10.6. The summed E-state index contributed by atoms with van der Waals surface area (Å²) in [6.45, 7) is 0.974. The van der Waals surface area contributed by atoms with Crippen LogP contribution in [0.5, 0.6) is 0 Å². The van der Waals surface area contributed by atoms with E-state index >= 15 is 0 Å². The molecule has 0 radical (unpaired) electrons. The molecule has 0 atom stereocenters. The van der Waals surface area contributed by atoms with Crippen molar-refractivity contribution < 1.29 is 13.2 Å². The fourth-order valence-electron chi connectivity index (χ4n) is 1.06. The predicted octanol–water partition coefficient (Wildman–Crippen LogP) is 1.08. The van der Waals surface area contributed by atoms with Crippen LogP contribution < -0.4 is 4.72 Å². The molecule has 0 aromatic heterocycles. The van der Waals surface area contributed by atoms with E-state index in [1.807, 2.05) is 6.07 Å². The largest absolute Gasteiger partial charge is 0.299 e. The highest BCUT2D eigenvalue weighted by molar-refractivity contribution is 7.89. The zero-order valence-electron chi connectivity index (χ0n) is 8.90. The number of Topliss-reactive ketones (excluding diaryl/α,β-unsaturated/α-hetero) is 1. The third-order valence-corrected chi connectivity index (χ3v) is 3.75. The van der Waals surface area contributed by atoms with E-state index in [0.29, 0.717) is 0 Å². The minimum absolute atomic E-state index is 0.0555. The molecule has 1 aromatic carbocycles. The Kier molecular flexibility index (Phi) is 4.23. The number of sulfonamides is 1.